The average Bonchev–Trinajstić information content (AvgIpc) is 2.94. The predicted octanol–water partition coefficient (Wildman–Crippen LogP) is 1.98. The number of aryl methyl sites for hydroxylation is 1. The van der Waals surface area contributed by atoms with E-state index < -0.39 is 17.9 Å². The molecule has 1 unspecified atom stereocenters. The van der Waals surface area contributed by atoms with Gasteiger partial charge in [0.05, 0.1) is 5.69 Å². The maximum Gasteiger partial charge on any atom is 0.326 e. The zero-order valence-corrected chi connectivity index (χ0v) is 11.9. The summed E-state index contributed by atoms with van der Waals surface area (Å²) in [6.07, 6.45) is 0.319. The van der Waals surface area contributed by atoms with E-state index >= 15 is 0 Å². The van der Waals surface area contributed by atoms with Gasteiger partial charge in [-0.05, 0) is 19.4 Å². The summed E-state index contributed by atoms with van der Waals surface area (Å²) in [5.74, 6) is -1.53. The average molecular weight is 287 g/mol. The summed E-state index contributed by atoms with van der Waals surface area (Å²) in [4.78, 5) is 22.9. The molecule has 1 aromatic carbocycles. The number of aliphatic carboxylic acids is 1. The lowest BCUT2D eigenvalue weighted by atomic mass is 10.1. The molecule has 1 atom stereocenters. The maximum absolute atomic E-state index is 12.0. The van der Waals surface area contributed by atoms with Crippen LogP contribution in [-0.4, -0.2) is 33.2 Å². The molecule has 2 aromatic rings. The molecule has 6 heteroatoms. The number of amides is 1. The van der Waals surface area contributed by atoms with Crippen LogP contribution >= 0.6 is 0 Å². The second-order valence-electron chi connectivity index (χ2n) is 4.81. The van der Waals surface area contributed by atoms with Gasteiger partial charge in [-0.25, -0.2) is 4.79 Å². The predicted molar refractivity (Wildman–Crippen MR) is 77.9 cm³/mol. The first-order valence-corrected chi connectivity index (χ1v) is 6.67. The van der Waals surface area contributed by atoms with E-state index in [2.05, 4.69) is 15.5 Å². The first-order chi connectivity index (χ1) is 10.0. The molecule has 6 nitrogen and oxygen atoms in total. The molecule has 0 fully saturated rings. The van der Waals surface area contributed by atoms with E-state index in [-0.39, 0.29) is 5.69 Å². The molecule has 0 spiro atoms. The lowest BCUT2D eigenvalue weighted by molar-refractivity contribution is -0.139. The fourth-order valence-electron chi connectivity index (χ4n) is 1.88. The molecular formula is C15H17N3O3. The molecule has 0 aliphatic rings. The highest BCUT2D eigenvalue weighted by molar-refractivity contribution is 5.95. The Hall–Kier alpha value is -2.63. The molecule has 0 aliphatic heterocycles. The summed E-state index contributed by atoms with van der Waals surface area (Å²) in [7, 11) is 0. The van der Waals surface area contributed by atoms with E-state index in [4.69, 9.17) is 5.11 Å². The van der Waals surface area contributed by atoms with Crippen LogP contribution in [0.1, 0.15) is 29.4 Å². The second-order valence-corrected chi connectivity index (χ2v) is 4.81. The number of nitrogens with one attached hydrogen (secondary N) is 2. The minimum atomic E-state index is -1.05. The standard InChI is InChI=1S/C15H17N3O3/c1-3-11(15(20)21)16-14(19)13-8-12(17-18-13)10-6-4-9(2)5-7-10/h4-8,11H,3H2,1-2H3,(H,16,19)(H,17,18)(H,20,21). The molecule has 1 amide bonds. The van der Waals surface area contributed by atoms with Gasteiger partial charge in [-0.2, -0.15) is 5.10 Å². The molecule has 0 aliphatic carbocycles. The summed E-state index contributed by atoms with van der Waals surface area (Å²) >= 11 is 0. The number of carbonyl (C=O) groups excluding carboxylic acids is 1. The van der Waals surface area contributed by atoms with Crippen molar-refractivity contribution in [2.45, 2.75) is 26.3 Å². The van der Waals surface area contributed by atoms with Crippen molar-refractivity contribution < 1.29 is 14.7 Å². The number of rotatable bonds is 5. The Morgan fingerprint density at radius 1 is 1.33 bits per heavy atom. The zero-order valence-electron chi connectivity index (χ0n) is 11.9. The van der Waals surface area contributed by atoms with Crippen molar-refractivity contribution in [2.75, 3.05) is 0 Å². The molecule has 110 valence electrons. The van der Waals surface area contributed by atoms with Crippen LogP contribution in [-0.2, 0) is 4.79 Å². The number of carboxylic acids is 1. The SMILES string of the molecule is CCC(NC(=O)c1cc(-c2ccc(C)cc2)n[nH]1)C(=O)O. The highest BCUT2D eigenvalue weighted by Crippen LogP contribution is 2.18. The maximum atomic E-state index is 12.0. The highest BCUT2D eigenvalue weighted by Gasteiger charge is 2.19. The highest BCUT2D eigenvalue weighted by atomic mass is 16.4. The first kappa shape index (κ1) is 14.8. The van der Waals surface area contributed by atoms with Crippen molar-refractivity contribution in [2.24, 2.45) is 0 Å². The molecule has 2 rings (SSSR count). The summed E-state index contributed by atoms with van der Waals surface area (Å²) < 4.78 is 0. The van der Waals surface area contributed by atoms with E-state index in [0.29, 0.717) is 12.1 Å². The number of hydrogen-bond acceptors (Lipinski definition) is 3. The monoisotopic (exact) mass is 287 g/mol. The van der Waals surface area contributed by atoms with Crippen LogP contribution in [0.25, 0.3) is 11.3 Å². The fourth-order valence-corrected chi connectivity index (χ4v) is 1.88. The van der Waals surface area contributed by atoms with E-state index in [1.807, 2.05) is 31.2 Å². The number of hydrogen-bond donors (Lipinski definition) is 3. The van der Waals surface area contributed by atoms with Crippen LogP contribution in [0.2, 0.25) is 0 Å². The zero-order chi connectivity index (χ0) is 15.4. The van der Waals surface area contributed by atoms with Gasteiger partial charge in [-0.3, -0.25) is 9.89 Å². The van der Waals surface area contributed by atoms with Crippen molar-refractivity contribution in [3.63, 3.8) is 0 Å². The van der Waals surface area contributed by atoms with E-state index in [0.717, 1.165) is 11.1 Å². The van der Waals surface area contributed by atoms with E-state index in [9.17, 15) is 9.59 Å². The minimum absolute atomic E-state index is 0.241. The van der Waals surface area contributed by atoms with Crippen LogP contribution in [0.4, 0.5) is 0 Å². The molecule has 3 N–H and O–H groups in total. The van der Waals surface area contributed by atoms with Gasteiger partial charge in [0.2, 0.25) is 0 Å². The van der Waals surface area contributed by atoms with Crippen LogP contribution in [0.15, 0.2) is 30.3 Å². The van der Waals surface area contributed by atoms with Crippen molar-refractivity contribution in [3.8, 4) is 11.3 Å². The first-order valence-electron chi connectivity index (χ1n) is 6.67. The molecule has 0 radical (unpaired) electrons. The molecule has 1 aromatic heterocycles. The number of nitrogens with zero attached hydrogens (tertiary/aromatic N) is 1. The fraction of sp³-hybridized carbons (Fsp3) is 0.267. The summed E-state index contributed by atoms with van der Waals surface area (Å²) in [6, 6.07) is 8.46. The Morgan fingerprint density at radius 2 is 2.00 bits per heavy atom. The van der Waals surface area contributed by atoms with Crippen molar-refractivity contribution in [1.82, 2.24) is 15.5 Å². The Balaban J connectivity index is 2.14. The Bertz CT molecular complexity index is 646. The summed E-state index contributed by atoms with van der Waals surface area (Å²) in [6.45, 7) is 3.69. The molecule has 0 saturated carbocycles. The van der Waals surface area contributed by atoms with Crippen LogP contribution in [0.3, 0.4) is 0 Å². The van der Waals surface area contributed by atoms with Crippen LogP contribution < -0.4 is 5.32 Å². The van der Waals surface area contributed by atoms with Crippen molar-refractivity contribution in [3.05, 3.63) is 41.6 Å². The number of benzene rings is 1. The Kier molecular flexibility index (Phi) is 4.37. The Morgan fingerprint density at radius 3 is 2.57 bits per heavy atom. The number of H-pyrrole nitrogens is 1. The third-order valence-corrected chi connectivity index (χ3v) is 3.18. The lowest BCUT2D eigenvalue weighted by Crippen LogP contribution is -2.40. The van der Waals surface area contributed by atoms with Gasteiger partial charge in [-0.15, -0.1) is 0 Å². The van der Waals surface area contributed by atoms with Crippen molar-refractivity contribution in [1.29, 1.82) is 0 Å². The number of aromatic nitrogens is 2. The Labute approximate surface area is 122 Å². The molecule has 21 heavy (non-hydrogen) atoms. The second kappa shape index (κ2) is 6.21. The number of aromatic amines is 1. The lowest BCUT2D eigenvalue weighted by Gasteiger charge is -2.10. The van der Waals surface area contributed by atoms with Gasteiger partial charge in [0.1, 0.15) is 11.7 Å². The minimum Gasteiger partial charge on any atom is -0.480 e. The third kappa shape index (κ3) is 3.47. The summed E-state index contributed by atoms with van der Waals surface area (Å²) in [5.41, 5.74) is 2.91. The molecule has 0 saturated heterocycles. The van der Waals surface area contributed by atoms with E-state index in [1.165, 1.54) is 0 Å². The van der Waals surface area contributed by atoms with Crippen LogP contribution in [0, 0.1) is 6.92 Å². The van der Waals surface area contributed by atoms with Crippen molar-refractivity contribution >= 4 is 11.9 Å². The van der Waals surface area contributed by atoms with E-state index in [1.54, 1.807) is 13.0 Å². The van der Waals surface area contributed by atoms with Gasteiger partial charge in [0, 0.05) is 5.56 Å². The number of carboxylic acid groups (broad SMARTS) is 1. The summed E-state index contributed by atoms with van der Waals surface area (Å²) in [5, 5.41) is 18.1. The normalized spacial score (nSPS) is 11.9. The largest absolute Gasteiger partial charge is 0.480 e. The van der Waals surface area contributed by atoms with Gasteiger partial charge in [-0.1, -0.05) is 36.8 Å². The van der Waals surface area contributed by atoms with Gasteiger partial charge >= 0.3 is 5.97 Å². The quantitative estimate of drug-likeness (QED) is 0.783. The smallest absolute Gasteiger partial charge is 0.326 e. The van der Waals surface area contributed by atoms with Gasteiger partial charge in [0.25, 0.3) is 5.91 Å². The number of carbonyl (C=O) groups is 2. The van der Waals surface area contributed by atoms with Gasteiger partial charge < -0.3 is 10.4 Å². The topological polar surface area (TPSA) is 95.1 Å². The molecule has 0 bridgehead atoms. The molecular weight excluding hydrogens is 270 g/mol. The van der Waals surface area contributed by atoms with Crippen LogP contribution in [0.5, 0.6) is 0 Å². The van der Waals surface area contributed by atoms with Gasteiger partial charge in [0.15, 0.2) is 0 Å². The third-order valence-electron chi connectivity index (χ3n) is 3.18. The molecule has 1 heterocycles.